The average molecular weight is 315 g/mol. The number of carbonyl (C=O) groups excluding carboxylic acids is 1. The number of esters is 1. The Kier molecular flexibility index (Phi) is 3.90. The number of nitrogens with zero attached hydrogens (tertiary/aromatic N) is 1. The lowest BCUT2D eigenvalue weighted by atomic mass is 9.86. The minimum atomic E-state index is -2.02. The zero-order valence-electron chi connectivity index (χ0n) is 13.3. The molecule has 3 saturated heterocycles. The third kappa shape index (κ3) is 2.02. The van der Waals surface area contributed by atoms with Gasteiger partial charge in [-0.15, -0.1) is 0 Å². The second kappa shape index (κ2) is 5.31. The third-order valence-corrected chi connectivity index (χ3v) is 8.06. The minimum Gasteiger partial charge on any atom is -0.464 e. The maximum Gasteiger partial charge on any atom is 0.334 e. The van der Waals surface area contributed by atoms with E-state index >= 15 is 0 Å². The Balaban J connectivity index is 1.95. The van der Waals surface area contributed by atoms with Crippen LogP contribution in [0.25, 0.3) is 0 Å². The van der Waals surface area contributed by atoms with Gasteiger partial charge in [0.05, 0.1) is 13.2 Å². The van der Waals surface area contributed by atoms with Gasteiger partial charge in [-0.3, -0.25) is 9.68 Å². The van der Waals surface area contributed by atoms with E-state index in [1.807, 2.05) is 6.92 Å². The summed E-state index contributed by atoms with van der Waals surface area (Å²) < 4.78 is 11.7. The van der Waals surface area contributed by atoms with Gasteiger partial charge >= 0.3 is 5.97 Å². The molecule has 0 saturated carbocycles. The highest BCUT2D eigenvalue weighted by Crippen LogP contribution is 2.58. The van der Waals surface area contributed by atoms with Crippen molar-refractivity contribution in [1.82, 2.24) is 5.23 Å². The monoisotopic (exact) mass is 315 g/mol. The predicted octanol–water partition coefficient (Wildman–Crippen LogP) is 2.01. The van der Waals surface area contributed by atoms with Crippen molar-refractivity contribution in [2.45, 2.75) is 69.5 Å². The SMILES string of the molecule is CCCC[C@@H]1ON2OC[C@H]3[C@@]2(C(=O)OCC)[C@@H]1O[Si]3(C)C. The Bertz CT molecular complexity index is 432. The van der Waals surface area contributed by atoms with E-state index < -0.39 is 13.9 Å². The fraction of sp³-hybridized carbons (Fsp3) is 0.929. The molecule has 3 aliphatic heterocycles. The summed E-state index contributed by atoms with van der Waals surface area (Å²) in [6.45, 7) is 9.11. The fourth-order valence-corrected chi connectivity index (χ4v) is 6.95. The molecule has 4 atom stereocenters. The van der Waals surface area contributed by atoms with Crippen molar-refractivity contribution in [2.24, 2.45) is 0 Å². The van der Waals surface area contributed by atoms with Gasteiger partial charge in [0.15, 0.2) is 8.32 Å². The lowest BCUT2D eigenvalue weighted by molar-refractivity contribution is -0.355. The molecule has 21 heavy (non-hydrogen) atoms. The Morgan fingerprint density at radius 1 is 1.43 bits per heavy atom. The summed E-state index contributed by atoms with van der Waals surface area (Å²) in [4.78, 5) is 24.3. The normalized spacial score (nSPS) is 40.5. The van der Waals surface area contributed by atoms with E-state index in [4.69, 9.17) is 18.8 Å². The lowest BCUT2D eigenvalue weighted by Gasteiger charge is -2.28. The topological polar surface area (TPSA) is 57.2 Å². The summed E-state index contributed by atoms with van der Waals surface area (Å²) in [5.41, 5.74) is -0.829. The van der Waals surface area contributed by atoms with Crippen LogP contribution in [0, 0.1) is 0 Å². The number of hydrogen-bond donors (Lipinski definition) is 0. The van der Waals surface area contributed by atoms with Crippen LogP contribution in [0.1, 0.15) is 33.1 Å². The summed E-state index contributed by atoms with van der Waals surface area (Å²) in [5, 5.41) is 1.42. The zero-order valence-corrected chi connectivity index (χ0v) is 14.3. The summed E-state index contributed by atoms with van der Waals surface area (Å²) >= 11 is 0. The van der Waals surface area contributed by atoms with E-state index in [2.05, 4.69) is 20.0 Å². The first-order valence-electron chi connectivity index (χ1n) is 7.93. The first-order valence-corrected chi connectivity index (χ1v) is 10.9. The molecule has 3 rings (SSSR count). The van der Waals surface area contributed by atoms with Crippen LogP contribution in [0.3, 0.4) is 0 Å². The highest BCUT2D eigenvalue weighted by molar-refractivity contribution is 6.74. The standard InChI is InChI=1S/C14H25NO5Si/c1-5-7-8-10-12-14(13(16)17-6-2)11(21(3,4)20-12)9-18-15(14)19-10/h10-12H,5-9H2,1-4H3/t10-,11-,12+,14-/m0/s1. The van der Waals surface area contributed by atoms with Crippen molar-refractivity contribution in [1.29, 1.82) is 0 Å². The Morgan fingerprint density at radius 2 is 2.19 bits per heavy atom. The predicted molar refractivity (Wildman–Crippen MR) is 77.7 cm³/mol. The molecule has 6 nitrogen and oxygen atoms in total. The summed E-state index contributed by atoms with van der Waals surface area (Å²) in [6.07, 6.45) is 2.62. The van der Waals surface area contributed by atoms with Crippen LogP contribution < -0.4 is 0 Å². The van der Waals surface area contributed by atoms with E-state index in [0.29, 0.717) is 13.2 Å². The number of rotatable bonds is 5. The van der Waals surface area contributed by atoms with Gasteiger partial charge < -0.3 is 9.16 Å². The van der Waals surface area contributed by atoms with Crippen LogP contribution in [0.4, 0.5) is 0 Å². The molecule has 0 amide bonds. The molecule has 120 valence electrons. The molecule has 0 N–H and O–H groups in total. The van der Waals surface area contributed by atoms with E-state index in [1.54, 1.807) is 0 Å². The highest BCUT2D eigenvalue weighted by atomic mass is 28.4. The number of ether oxygens (including phenoxy) is 1. The number of hydrogen-bond acceptors (Lipinski definition) is 6. The molecule has 0 aromatic rings. The molecule has 3 fully saturated rings. The van der Waals surface area contributed by atoms with E-state index in [1.165, 1.54) is 5.23 Å². The van der Waals surface area contributed by atoms with Crippen molar-refractivity contribution in [3.63, 3.8) is 0 Å². The molecule has 0 aromatic carbocycles. The maximum absolute atomic E-state index is 12.7. The number of unbranched alkanes of at least 4 members (excludes halogenated alkanes) is 1. The van der Waals surface area contributed by atoms with Gasteiger partial charge in [0.1, 0.15) is 12.2 Å². The molecule has 0 radical (unpaired) electrons. The molecule has 0 aliphatic carbocycles. The van der Waals surface area contributed by atoms with Crippen molar-refractivity contribution >= 4 is 14.3 Å². The van der Waals surface area contributed by atoms with Gasteiger partial charge in [0, 0.05) is 5.54 Å². The molecular formula is C14H25NO5Si. The van der Waals surface area contributed by atoms with Crippen molar-refractivity contribution in [3.05, 3.63) is 0 Å². The molecular weight excluding hydrogens is 290 g/mol. The lowest BCUT2D eigenvalue weighted by Crippen LogP contribution is -2.54. The van der Waals surface area contributed by atoms with Crippen LogP contribution >= 0.6 is 0 Å². The maximum atomic E-state index is 12.7. The zero-order chi connectivity index (χ0) is 15.3. The fourth-order valence-electron chi connectivity index (χ4n) is 3.88. The van der Waals surface area contributed by atoms with Crippen molar-refractivity contribution in [2.75, 3.05) is 13.2 Å². The van der Waals surface area contributed by atoms with Gasteiger partial charge in [-0.1, -0.05) is 19.8 Å². The molecule has 3 heterocycles. The van der Waals surface area contributed by atoms with Crippen molar-refractivity contribution < 1.29 is 23.6 Å². The molecule has 7 heteroatoms. The molecule has 0 bridgehead atoms. The van der Waals surface area contributed by atoms with Crippen LogP contribution in [-0.4, -0.2) is 50.5 Å². The van der Waals surface area contributed by atoms with Crippen LogP contribution in [0.15, 0.2) is 0 Å². The Hall–Kier alpha value is -0.473. The smallest absolute Gasteiger partial charge is 0.334 e. The van der Waals surface area contributed by atoms with Gasteiger partial charge in [0.25, 0.3) is 0 Å². The summed E-state index contributed by atoms with van der Waals surface area (Å²) in [5.74, 6) is -0.255. The summed E-state index contributed by atoms with van der Waals surface area (Å²) in [7, 11) is -2.02. The van der Waals surface area contributed by atoms with E-state index in [9.17, 15) is 4.79 Å². The number of carbonyl (C=O) groups is 1. The summed E-state index contributed by atoms with van der Waals surface area (Å²) in [6, 6.07) is 0. The Labute approximate surface area is 126 Å². The average Bonchev–Trinajstić information content (AvgIpc) is 3.01. The van der Waals surface area contributed by atoms with Crippen molar-refractivity contribution in [3.8, 4) is 0 Å². The molecule has 0 unspecified atom stereocenters. The second-order valence-corrected chi connectivity index (χ2v) is 10.7. The first kappa shape index (κ1) is 15.4. The highest BCUT2D eigenvalue weighted by Gasteiger charge is 2.78. The quantitative estimate of drug-likeness (QED) is 0.571. The largest absolute Gasteiger partial charge is 0.464 e. The Morgan fingerprint density at radius 3 is 2.86 bits per heavy atom. The second-order valence-electron chi connectivity index (χ2n) is 6.58. The van der Waals surface area contributed by atoms with E-state index in [0.717, 1.165) is 19.3 Å². The van der Waals surface area contributed by atoms with Gasteiger partial charge in [0.2, 0.25) is 5.54 Å². The molecule has 0 aromatic heterocycles. The first-order chi connectivity index (χ1) is 9.98. The van der Waals surface area contributed by atoms with Crippen LogP contribution in [0.2, 0.25) is 18.6 Å². The van der Waals surface area contributed by atoms with E-state index in [-0.39, 0.29) is 23.7 Å². The van der Waals surface area contributed by atoms with Crippen LogP contribution in [-0.2, 0) is 23.6 Å². The van der Waals surface area contributed by atoms with Gasteiger partial charge in [-0.25, -0.2) is 4.79 Å². The third-order valence-electron chi connectivity index (χ3n) is 4.91. The minimum absolute atomic E-state index is 0.0562. The molecule has 0 spiro atoms. The van der Waals surface area contributed by atoms with Crippen LogP contribution in [0.5, 0.6) is 0 Å². The van der Waals surface area contributed by atoms with Gasteiger partial charge in [-0.2, -0.15) is 0 Å². The molecule has 3 aliphatic rings. The van der Waals surface area contributed by atoms with Gasteiger partial charge in [-0.05, 0) is 31.7 Å². The number of hydroxylamine groups is 2.